The Labute approximate surface area is 144 Å². The highest BCUT2D eigenvalue weighted by molar-refractivity contribution is 6.33. The summed E-state index contributed by atoms with van der Waals surface area (Å²) in [6.07, 6.45) is 0. The number of aromatic hydroxyl groups is 1. The van der Waals surface area contributed by atoms with Gasteiger partial charge < -0.3 is 20.2 Å². The molecular formula is C17H17ClFN3O2. The van der Waals surface area contributed by atoms with Crippen molar-refractivity contribution in [3.63, 3.8) is 0 Å². The van der Waals surface area contributed by atoms with Crippen LogP contribution in [0.25, 0.3) is 0 Å². The molecule has 2 aromatic rings. The second kappa shape index (κ2) is 6.97. The second-order valence-corrected chi connectivity index (χ2v) is 5.92. The number of anilines is 2. The molecule has 0 spiro atoms. The molecule has 0 saturated carbocycles. The molecule has 1 aliphatic rings. The number of carbonyl (C=O) groups is 1. The Morgan fingerprint density at radius 2 is 1.83 bits per heavy atom. The van der Waals surface area contributed by atoms with Gasteiger partial charge in [0.1, 0.15) is 11.6 Å². The Morgan fingerprint density at radius 3 is 2.54 bits per heavy atom. The first-order valence-corrected chi connectivity index (χ1v) is 7.96. The molecule has 2 amide bonds. The van der Waals surface area contributed by atoms with Crippen molar-refractivity contribution in [2.24, 2.45) is 0 Å². The number of hydrogen-bond donors (Lipinski definition) is 2. The first kappa shape index (κ1) is 16.4. The maximum absolute atomic E-state index is 13.3. The van der Waals surface area contributed by atoms with Crippen LogP contribution in [0.2, 0.25) is 5.02 Å². The molecule has 1 heterocycles. The van der Waals surface area contributed by atoms with Crippen LogP contribution in [0.4, 0.5) is 20.6 Å². The molecule has 7 heteroatoms. The van der Waals surface area contributed by atoms with E-state index in [0.29, 0.717) is 26.2 Å². The van der Waals surface area contributed by atoms with Gasteiger partial charge in [0.2, 0.25) is 0 Å². The highest BCUT2D eigenvalue weighted by atomic mass is 35.5. The summed E-state index contributed by atoms with van der Waals surface area (Å²) in [5.74, 6) is -0.235. The molecular weight excluding hydrogens is 333 g/mol. The summed E-state index contributed by atoms with van der Waals surface area (Å²) >= 11 is 5.96. The summed E-state index contributed by atoms with van der Waals surface area (Å²) in [6, 6.07) is 10.6. The molecule has 0 radical (unpaired) electrons. The molecule has 1 fully saturated rings. The molecule has 0 aliphatic carbocycles. The lowest BCUT2D eigenvalue weighted by Crippen LogP contribution is -2.50. The van der Waals surface area contributed by atoms with E-state index < -0.39 is 5.82 Å². The molecule has 0 bridgehead atoms. The lowest BCUT2D eigenvalue weighted by atomic mass is 10.2. The minimum Gasteiger partial charge on any atom is -0.506 e. The van der Waals surface area contributed by atoms with Gasteiger partial charge in [-0.2, -0.15) is 0 Å². The standard InChI is InChI=1S/C17H17ClFN3O2/c18-13-6-5-12(19)11-14(13)20-17(24)22-9-7-21(8-10-22)15-3-1-2-4-16(15)23/h1-6,11,23H,7-10H2,(H,20,24). The van der Waals surface area contributed by atoms with E-state index in [1.807, 2.05) is 17.0 Å². The predicted molar refractivity (Wildman–Crippen MR) is 92.3 cm³/mol. The molecule has 5 nitrogen and oxygen atoms in total. The highest BCUT2D eigenvalue weighted by Crippen LogP contribution is 2.27. The van der Waals surface area contributed by atoms with Crippen LogP contribution in [-0.2, 0) is 0 Å². The van der Waals surface area contributed by atoms with Crippen molar-refractivity contribution >= 4 is 29.0 Å². The molecule has 24 heavy (non-hydrogen) atoms. The van der Waals surface area contributed by atoms with Crippen molar-refractivity contribution < 1.29 is 14.3 Å². The lowest BCUT2D eigenvalue weighted by molar-refractivity contribution is 0.208. The normalized spacial score (nSPS) is 14.6. The van der Waals surface area contributed by atoms with Crippen molar-refractivity contribution in [3.05, 3.63) is 53.3 Å². The number of rotatable bonds is 2. The Bertz CT molecular complexity index is 748. The second-order valence-electron chi connectivity index (χ2n) is 5.52. The number of piperazine rings is 1. The van der Waals surface area contributed by atoms with Gasteiger partial charge in [-0.3, -0.25) is 0 Å². The van der Waals surface area contributed by atoms with E-state index in [0.717, 1.165) is 5.69 Å². The van der Waals surface area contributed by atoms with Crippen molar-refractivity contribution in [1.82, 2.24) is 4.90 Å². The largest absolute Gasteiger partial charge is 0.506 e. The highest BCUT2D eigenvalue weighted by Gasteiger charge is 2.23. The first-order chi connectivity index (χ1) is 11.5. The van der Waals surface area contributed by atoms with Crippen LogP contribution >= 0.6 is 11.6 Å². The fourth-order valence-corrected chi connectivity index (χ4v) is 2.83. The molecule has 1 aliphatic heterocycles. The smallest absolute Gasteiger partial charge is 0.322 e. The Morgan fingerprint density at radius 1 is 1.12 bits per heavy atom. The first-order valence-electron chi connectivity index (χ1n) is 7.58. The lowest BCUT2D eigenvalue weighted by Gasteiger charge is -2.36. The number of benzene rings is 2. The molecule has 0 unspecified atom stereocenters. The number of phenolic OH excluding ortho intramolecular Hbond substituents is 1. The van der Waals surface area contributed by atoms with Gasteiger partial charge in [0.05, 0.1) is 16.4 Å². The van der Waals surface area contributed by atoms with E-state index in [4.69, 9.17) is 11.6 Å². The SMILES string of the molecule is O=C(Nc1cc(F)ccc1Cl)N1CCN(c2ccccc2O)CC1. The average molecular weight is 350 g/mol. The van der Waals surface area contributed by atoms with Gasteiger partial charge in [-0.25, -0.2) is 9.18 Å². The predicted octanol–water partition coefficient (Wildman–Crippen LogP) is 3.54. The fraction of sp³-hybridized carbons (Fsp3) is 0.235. The van der Waals surface area contributed by atoms with Crippen molar-refractivity contribution in [2.75, 3.05) is 36.4 Å². The topological polar surface area (TPSA) is 55.8 Å². The number of nitrogens with one attached hydrogen (secondary N) is 1. The van der Waals surface area contributed by atoms with Gasteiger partial charge in [-0.15, -0.1) is 0 Å². The summed E-state index contributed by atoms with van der Waals surface area (Å²) in [7, 11) is 0. The molecule has 2 aromatic carbocycles. The van der Waals surface area contributed by atoms with E-state index in [1.54, 1.807) is 17.0 Å². The molecule has 1 saturated heterocycles. The molecule has 3 rings (SSSR count). The molecule has 0 atom stereocenters. The Balaban J connectivity index is 1.61. The Hall–Kier alpha value is -2.47. The maximum atomic E-state index is 13.3. The third kappa shape index (κ3) is 3.54. The monoisotopic (exact) mass is 349 g/mol. The van der Waals surface area contributed by atoms with Crippen LogP contribution in [0.5, 0.6) is 5.75 Å². The van der Waals surface area contributed by atoms with Crippen LogP contribution in [0.1, 0.15) is 0 Å². The van der Waals surface area contributed by atoms with Gasteiger partial charge in [0.15, 0.2) is 0 Å². The number of amides is 2. The van der Waals surface area contributed by atoms with E-state index in [2.05, 4.69) is 5.32 Å². The van der Waals surface area contributed by atoms with Gasteiger partial charge in [-0.1, -0.05) is 23.7 Å². The van der Waals surface area contributed by atoms with Crippen molar-refractivity contribution in [1.29, 1.82) is 0 Å². The van der Waals surface area contributed by atoms with E-state index >= 15 is 0 Å². The van der Waals surface area contributed by atoms with Crippen LogP contribution in [-0.4, -0.2) is 42.2 Å². The molecule has 126 valence electrons. The fourth-order valence-electron chi connectivity index (χ4n) is 2.67. The van der Waals surface area contributed by atoms with Crippen LogP contribution < -0.4 is 10.2 Å². The summed E-state index contributed by atoms with van der Waals surface area (Å²) in [4.78, 5) is 16.0. The number of para-hydroxylation sites is 2. The van der Waals surface area contributed by atoms with Gasteiger partial charge in [0, 0.05) is 26.2 Å². The third-order valence-electron chi connectivity index (χ3n) is 3.96. The van der Waals surface area contributed by atoms with Gasteiger partial charge in [0.25, 0.3) is 0 Å². The molecule has 2 N–H and O–H groups in total. The van der Waals surface area contributed by atoms with E-state index in [1.165, 1.54) is 18.2 Å². The zero-order chi connectivity index (χ0) is 17.1. The zero-order valence-electron chi connectivity index (χ0n) is 12.9. The molecule has 0 aromatic heterocycles. The summed E-state index contributed by atoms with van der Waals surface area (Å²) in [5.41, 5.74) is 1.01. The number of phenols is 1. The maximum Gasteiger partial charge on any atom is 0.322 e. The summed E-state index contributed by atoms with van der Waals surface area (Å²) in [6.45, 7) is 2.18. The van der Waals surface area contributed by atoms with Crippen LogP contribution in [0.15, 0.2) is 42.5 Å². The summed E-state index contributed by atoms with van der Waals surface area (Å²) < 4.78 is 13.3. The average Bonchev–Trinajstić information content (AvgIpc) is 2.59. The number of carbonyl (C=O) groups excluding carboxylic acids is 1. The summed E-state index contributed by atoms with van der Waals surface area (Å²) in [5, 5.41) is 12.8. The number of nitrogens with zero attached hydrogens (tertiary/aromatic N) is 2. The van der Waals surface area contributed by atoms with Crippen LogP contribution in [0.3, 0.4) is 0 Å². The number of urea groups is 1. The minimum atomic E-state index is -0.459. The third-order valence-corrected chi connectivity index (χ3v) is 4.29. The van der Waals surface area contributed by atoms with Crippen molar-refractivity contribution in [3.8, 4) is 5.75 Å². The van der Waals surface area contributed by atoms with Crippen molar-refractivity contribution in [2.45, 2.75) is 0 Å². The van der Waals surface area contributed by atoms with Crippen LogP contribution in [0, 0.1) is 5.82 Å². The quantitative estimate of drug-likeness (QED) is 0.872. The number of halogens is 2. The minimum absolute atomic E-state index is 0.224. The van der Waals surface area contributed by atoms with E-state index in [-0.39, 0.29) is 22.5 Å². The zero-order valence-corrected chi connectivity index (χ0v) is 13.6. The Kier molecular flexibility index (Phi) is 4.76. The van der Waals surface area contributed by atoms with Gasteiger partial charge in [-0.05, 0) is 30.3 Å². The van der Waals surface area contributed by atoms with E-state index in [9.17, 15) is 14.3 Å². The number of hydrogen-bond acceptors (Lipinski definition) is 3. The van der Waals surface area contributed by atoms with Gasteiger partial charge >= 0.3 is 6.03 Å².